The molecule has 7 nitrogen and oxygen atoms in total. The number of benzene rings is 1. The maximum absolute atomic E-state index is 13.2. The molecule has 0 saturated heterocycles. The van der Waals surface area contributed by atoms with E-state index in [0.29, 0.717) is 23.5 Å². The van der Waals surface area contributed by atoms with E-state index >= 15 is 0 Å². The first-order valence-electron chi connectivity index (χ1n) is 8.46. The summed E-state index contributed by atoms with van der Waals surface area (Å²) in [6.45, 7) is 2.11. The summed E-state index contributed by atoms with van der Waals surface area (Å²) in [5.74, 6) is -1.81. The largest absolute Gasteiger partial charge is 0.492 e. The third-order valence-electron chi connectivity index (χ3n) is 4.17. The molecule has 2 amide bonds. The van der Waals surface area contributed by atoms with Crippen molar-refractivity contribution in [3.63, 3.8) is 0 Å². The lowest BCUT2D eigenvalue weighted by Crippen LogP contribution is -2.34. The average molecular weight is 401 g/mol. The van der Waals surface area contributed by atoms with Gasteiger partial charge in [-0.2, -0.15) is 0 Å². The predicted octanol–water partition coefficient (Wildman–Crippen LogP) is 2.89. The smallest absolute Gasteiger partial charge is 0.337 e. The summed E-state index contributed by atoms with van der Waals surface area (Å²) in [7, 11) is 1.25. The Labute approximate surface area is 166 Å². The highest BCUT2D eigenvalue weighted by molar-refractivity contribution is 6.46. The standard InChI is InChI=1S/C20H17ClN2O5/c1-3-28-18(12-6-8-22-9-7-12)17-14-5-4-13(20(26)27-2)10-15(14)23(19(17)25)16(24)11-21/h4-10H,3,11H2,1-2H3/b18-17+. The fraction of sp³-hybridized carbons (Fsp3) is 0.200. The highest BCUT2D eigenvalue weighted by Gasteiger charge is 2.39. The number of amides is 2. The second-order valence-corrected chi connectivity index (χ2v) is 6.03. The Balaban J connectivity index is 2.28. The van der Waals surface area contributed by atoms with Crippen LogP contribution in [0.2, 0.25) is 0 Å². The number of carbonyl (C=O) groups is 3. The molecule has 0 spiro atoms. The van der Waals surface area contributed by atoms with Gasteiger partial charge in [-0.15, -0.1) is 11.6 Å². The van der Waals surface area contributed by atoms with Crippen molar-refractivity contribution in [1.29, 1.82) is 0 Å². The molecule has 1 aliphatic rings. The number of carbonyl (C=O) groups excluding carboxylic acids is 3. The van der Waals surface area contributed by atoms with Gasteiger partial charge in [0.15, 0.2) is 0 Å². The summed E-state index contributed by atoms with van der Waals surface area (Å²) in [6, 6.07) is 7.98. The van der Waals surface area contributed by atoms with E-state index < -0.39 is 17.8 Å². The molecule has 0 N–H and O–H groups in total. The van der Waals surface area contributed by atoms with Gasteiger partial charge in [0.05, 0.1) is 30.5 Å². The molecule has 3 rings (SSSR count). The molecule has 8 heteroatoms. The monoisotopic (exact) mass is 400 g/mol. The molecule has 1 aliphatic heterocycles. The predicted molar refractivity (Wildman–Crippen MR) is 104 cm³/mol. The van der Waals surface area contributed by atoms with E-state index in [1.165, 1.54) is 19.2 Å². The van der Waals surface area contributed by atoms with E-state index in [1.54, 1.807) is 37.5 Å². The van der Waals surface area contributed by atoms with Crippen LogP contribution in [-0.2, 0) is 19.1 Å². The minimum absolute atomic E-state index is 0.213. The summed E-state index contributed by atoms with van der Waals surface area (Å²) < 4.78 is 10.5. The summed E-state index contributed by atoms with van der Waals surface area (Å²) in [4.78, 5) is 42.4. The van der Waals surface area contributed by atoms with Crippen LogP contribution in [-0.4, -0.2) is 42.4 Å². The van der Waals surface area contributed by atoms with E-state index in [4.69, 9.17) is 21.1 Å². The number of methoxy groups -OCH3 is 1. The molecular weight excluding hydrogens is 384 g/mol. The Morgan fingerprint density at radius 2 is 1.86 bits per heavy atom. The van der Waals surface area contributed by atoms with E-state index in [9.17, 15) is 14.4 Å². The SMILES string of the molecule is CCO/C(=C1/C(=O)N(C(=O)CCl)c2cc(C(=O)OC)ccc21)c1ccncc1. The normalized spacial score (nSPS) is 14.5. The lowest BCUT2D eigenvalue weighted by molar-refractivity contribution is -0.122. The number of nitrogens with zero attached hydrogens (tertiary/aromatic N) is 2. The van der Waals surface area contributed by atoms with Gasteiger partial charge < -0.3 is 9.47 Å². The van der Waals surface area contributed by atoms with Crippen molar-refractivity contribution in [2.45, 2.75) is 6.92 Å². The number of pyridine rings is 1. The molecule has 0 aliphatic carbocycles. The van der Waals surface area contributed by atoms with Gasteiger partial charge in [-0.05, 0) is 31.2 Å². The van der Waals surface area contributed by atoms with Crippen LogP contribution >= 0.6 is 11.6 Å². The molecule has 28 heavy (non-hydrogen) atoms. The van der Waals surface area contributed by atoms with Crippen LogP contribution in [0.4, 0.5) is 5.69 Å². The number of halogens is 1. The maximum Gasteiger partial charge on any atom is 0.337 e. The fourth-order valence-electron chi connectivity index (χ4n) is 2.98. The molecule has 0 unspecified atom stereocenters. The summed E-state index contributed by atoms with van der Waals surface area (Å²) in [5.41, 5.74) is 1.81. The first-order valence-corrected chi connectivity index (χ1v) is 9.00. The van der Waals surface area contributed by atoms with Crippen LogP contribution in [0.25, 0.3) is 11.3 Å². The van der Waals surface area contributed by atoms with Gasteiger partial charge >= 0.3 is 5.97 Å². The van der Waals surface area contributed by atoms with Crippen molar-refractivity contribution < 1.29 is 23.9 Å². The molecular formula is C20H17ClN2O5. The highest BCUT2D eigenvalue weighted by Crippen LogP contribution is 2.42. The molecule has 0 bridgehead atoms. The van der Waals surface area contributed by atoms with Crippen LogP contribution in [0, 0.1) is 0 Å². The Bertz CT molecular complexity index is 972. The Hall–Kier alpha value is -3.19. The van der Waals surface area contributed by atoms with Crippen LogP contribution in [0.15, 0.2) is 42.7 Å². The van der Waals surface area contributed by atoms with Crippen LogP contribution in [0.5, 0.6) is 0 Å². The average Bonchev–Trinajstić information content (AvgIpc) is 3.02. The quantitative estimate of drug-likeness (QED) is 0.332. The minimum atomic E-state index is -0.601. The first-order chi connectivity index (χ1) is 13.5. The highest BCUT2D eigenvalue weighted by atomic mass is 35.5. The summed E-state index contributed by atoms with van der Waals surface area (Å²) >= 11 is 5.71. The summed E-state index contributed by atoms with van der Waals surface area (Å²) in [5, 5.41) is 0. The third-order valence-corrected chi connectivity index (χ3v) is 4.40. The maximum atomic E-state index is 13.2. The van der Waals surface area contributed by atoms with Gasteiger partial charge in [-0.3, -0.25) is 14.6 Å². The molecule has 2 aromatic rings. The van der Waals surface area contributed by atoms with Crippen LogP contribution in [0.3, 0.4) is 0 Å². The Morgan fingerprint density at radius 1 is 1.14 bits per heavy atom. The first kappa shape index (κ1) is 19.6. The molecule has 0 radical (unpaired) electrons. The number of ether oxygens (including phenoxy) is 2. The molecule has 1 aromatic carbocycles. The van der Waals surface area contributed by atoms with Gasteiger partial charge in [0.1, 0.15) is 11.6 Å². The second-order valence-electron chi connectivity index (χ2n) is 5.76. The molecule has 0 atom stereocenters. The minimum Gasteiger partial charge on any atom is -0.492 e. The van der Waals surface area contributed by atoms with E-state index in [0.717, 1.165) is 4.90 Å². The number of anilines is 1. The Kier molecular flexibility index (Phi) is 5.75. The molecule has 0 saturated carbocycles. The topological polar surface area (TPSA) is 85.8 Å². The van der Waals surface area contributed by atoms with Gasteiger partial charge in [0.25, 0.3) is 5.91 Å². The zero-order valence-corrected chi connectivity index (χ0v) is 16.0. The van der Waals surface area contributed by atoms with Crippen molar-refractivity contribution in [1.82, 2.24) is 4.98 Å². The third kappa shape index (κ3) is 3.36. The van der Waals surface area contributed by atoms with Crippen molar-refractivity contribution in [3.05, 3.63) is 59.4 Å². The van der Waals surface area contributed by atoms with Crippen molar-refractivity contribution in [3.8, 4) is 0 Å². The lowest BCUT2D eigenvalue weighted by atomic mass is 10.0. The zero-order chi connectivity index (χ0) is 20.3. The van der Waals surface area contributed by atoms with E-state index in [2.05, 4.69) is 4.98 Å². The molecule has 0 fully saturated rings. The number of imide groups is 1. The second kappa shape index (κ2) is 8.22. The van der Waals surface area contributed by atoms with Crippen molar-refractivity contribution in [2.24, 2.45) is 0 Å². The number of aromatic nitrogens is 1. The van der Waals surface area contributed by atoms with Gasteiger partial charge in [0, 0.05) is 23.5 Å². The zero-order valence-electron chi connectivity index (χ0n) is 15.3. The number of hydrogen-bond donors (Lipinski definition) is 0. The summed E-state index contributed by atoms with van der Waals surface area (Å²) in [6.07, 6.45) is 3.16. The van der Waals surface area contributed by atoms with Gasteiger partial charge in [-0.1, -0.05) is 6.07 Å². The molecule has 2 heterocycles. The molecule has 144 valence electrons. The number of hydrogen-bond acceptors (Lipinski definition) is 6. The van der Waals surface area contributed by atoms with Crippen LogP contribution in [0.1, 0.15) is 28.4 Å². The van der Waals surface area contributed by atoms with E-state index in [1.807, 2.05) is 0 Å². The number of alkyl halides is 1. The molecule has 1 aromatic heterocycles. The Morgan fingerprint density at radius 3 is 2.46 bits per heavy atom. The van der Waals surface area contributed by atoms with Gasteiger partial charge in [-0.25, -0.2) is 9.69 Å². The van der Waals surface area contributed by atoms with Crippen molar-refractivity contribution >= 4 is 46.4 Å². The van der Waals surface area contributed by atoms with Crippen molar-refractivity contribution in [2.75, 3.05) is 24.5 Å². The van der Waals surface area contributed by atoms with Gasteiger partial charge in [0.2, 0.25) is 5.91 Å². The lowest BCUT2D eigenvalue weighted by Gasteiger charge is -2.14. The van der Waals surface area contributed by atoms with Crippen LogP contribution < -0.4 is 4.90 Å². The number of rotatable bonds is 5. The number of fused-ring (bicyclic) bond motifs is 1. The van der Waals surface area contributed by atoms with E-state index in [-0.39, 0.29) is 22.7 Å². The number of esters is 1. The fourth-order valence-corrected chi connectivity index (χ4v) is 3.10.